The average molecular weight is 419 g/mol. The average Bonchev–Trinajstić information content (AvgIpc) is 3.49. The lowest BCUT2D eigenvalue weighted by atomic mass is 10.0. The minimum atomic E-state index is -1.25. The number of aromatic nitrogens is 6. The number of rotatable bonds is 4. The second-order valence-corrected chi connectivity index (χ2v) is 8.00. The summed E-state index contributed by atoms with van der Waals surface area (Å²) in [5.41, 5.74) is 1.23. The standard InChI is InChI=1S/C22H19F2N7/c1-14-28-29-20-8-15(4-7-31(14)20)21-17(9-18(23)19(10-25)27-21)16-11-26-30(12-16)13-22(24)5-2-3-6-22/h4,7-9,11-12H,2-3,5-6,13H2,1H3. The Morgan fingerprint density at radius 1 is 1.19 bits per heavy atom. The molecule has 4 aromatic rings. The maximum atomic E-state index is 14.9. The van der Waals surface area contributed by atoms with E-state index in [1.807, 2.05) is 17.4 Å². The van der Waals surface area contributed by atoms with Gasteiger partial charge in [0.05, 0.1) is 18.4 Å². The van der Waals surface area contributed by atoms with E-state index in [4.69, 9.17) is 0 Å². The summed E-state index contributed by atoms with van der Waals surface area (Å²) < 4.78 is 32.7. The van der Waals surface area contributed by atoms with E-state index in [9.17, 15) is 14.0 Å². The van der Waals surface area contributed by atoms with Crippen LogP contribution in [-0.2, 0) is 6.54 Å². The summed E-state index contributed by atoms with van der Waals surface area (Å²) in [5.74, 6) is 0.0195. The second kappa shape index (κ2) is 7.23. The molecule has 1 aliphatic rings. The van der Waals surface area contributed by atoms with Gasteiger partial charge in [-0.05, 0) is 38.0 Å². The molecule has 0 spiro atoms. The lowest BCUT2D eigenvalue weighted by Gasteiger charge is -2.18. The molecule has 0 aromatic carbocycles. The van der Waals surface area contributed by atoms with Gasteiger partial charge in [-0.15, -0.1) is 10.2 Å². The molecule has 0 saturated heterocycles. The molecule has 156 valence electrons. The van der Waals surface area contributed by atoms with Crippen LogP contribution in [0.4, 0.5) is 8.78 Å². The van der Waals surface area contributed by atoms with Gasteiger partial charge in [0.1, 0.15) is 17.6 Å². The van der Waals surface area contributed by atoms with Crippen LogP contribution in [0.15, 0.2) is 36.8 Å². The van der Waals surface area contributed by atoms with Crippen molar-refractivity contribution in [2.45, 2.75) is 44.8 Å². The molecule has 4 aromatic heterocycles. The minimum Gasteiger partial charge on any atom is -0.287 e. The zero-order valence-corrected chi connectivity index (χ0v) is 16.9. The topological polar surface area (TPSA) is 84.7 Å². The van der Waals surface area contributed by atoms with Crippen LogP contribution in [0.5, 0.6) is 0 Å². The summed E-state index contributed by atoms with van der Waals surface area (Å²) in [5, 5.41) is 21.8. The predicted octanol–water partition coefficient (Wildman–Crippen LogP) is 4.26. The summed E-state index contributed by atoms with van der Waals surface area (Å²) in [4.78, 5) is 4.27. The number of alkyl halides is 1. The Balaban J connectivity index is 1.60. The van der Waals surface area contributed by atoms with Crippen molar-refractivity contribution in [3.8, 4) is 28.5 Å². The molecule has 7 nitrogen and oxygen atoms in total. The third-order valence-corrected chi connectivity index (χ3v) is 5.83. The number of pyridine rings is 2. The first kappa shape index (κ1) is 19.3. The summed E-state index contributed by atoms with van der Waals surface area (Å²) in [7, 11) is 0. The molecule has 1 aliphatic carbocycles. The van der Waals surface area contributed by atoms with E-state index in [1.165, 1.54) is 6.07 Å². The molecule has 9 heteroatoms. The molecule has 0 radical (unpaired) electrons. The van der Waals surface area contributed by atoms with Crippen LogP contribution in [0.3, 0.4) is 0 Å². The number of nitriles is 1. The fourth-order valence-electron chi connectivity index (χ4n) is 4.21. The maximum absolute atomic E-state index is 14.9. The van der Waals surface area contributed by atoms with Crippen LogP contribution in [0, 0.1) is 24.1 Å². The van der Waals surface area contributed by atoms with E-state index in [1.54, 1.807) is 35.4 Å². The Morgan fingerprint density at radius 3 is 2.77 bits per heavy atom. The molecule has 5 rings (SSSR count). The number of hydrogen-bond acceptors (Lipinski definition) is 5. The monoisotopic (exact) mass is 419 g/mol. The number of fused-ring (bicyclic) bond motifs is 1. The highest BCUT2D eigenvalue weighted by Gasteiger charge is 2.34. The smallest absolute Gasteiger partial charge is 0.176 e. The van der Waals surface area contributed by atoms with Crippen LogP contribution in [-0.4, -0.2) is 35.0 Å². The first-order chi connectivity index (χ1) is 15.0. The van der Waals surface area contributed by atoms with Crippen molar-refractivity contribution in [2.24, 2.45) is 0 Å². The summed E-state index contributed by atoms with van der Waals surface area (Å²) >= 11 is 0. The Bertz CT molecular complexity index is 1330. The third-order valence-electron chi connectivity index (χ3n) is 5.83. The van der Waals surface area contributed by atoms with Crippen molar-refractivity contribution in [3.05, 3.63) is 54.1 Å². The molecule has 1 fully saturated rings. The zero-order chi connectivity index (χ0) is 21.6. The van der Waals surface area contributed by atoms with Crippen LogP contribution in [0.2, 0.25) is 0 Å². The van der Waals surface area contributed by atoms with Gasteiger partial charge in [-0.25, -0.2) is 13.8 Å². The maximum Gasteiger partial charge on any atom is 0.176 e. The molecule has 1 saturated carbocycles. The quantitative estimate of drug-likeness (QED) is 0.494. The van der Waals surface area contributed by atoms with E-state index >= 15 is 0 Å². The fraction of sp³-hybridized carbons (Fsp3) is 0.318. The molecule has 0 N–H and O–H groups in total. The normalized spacial score (nSPS) is 15.4. The zero-order valence-electron chi connectivity index (χ0n) is 16.9. The van der Waals surface area contributed by atoms with Crippen LogP contribution < -0.4 is 0 Å². The lowest BCUT2D eigenvalue weighted by molar-refractivity contribution is 0.139. The Hall–Kier alpha value is -3.67. The van der Waals surface area contributed by atoms with Crippen LogP contribution in [0.25, 0.3) is 28.0 Å². The van der Waals surface area contributed by atoms with E-state index in [-0.39, 0.29) is 12.2 Å². The van der Waals surface area contributed by atoms with Crippen molar-refractivity contribution in [1.29, 1.82) is 5.26 Å². The van der Waals surface area contributed by atoms with Crippen LogP contribution >= 0.6 is 0 Å². The Kier molecular flexibility index (Phi) is 4.50. The molecule has 0 aliphatic heterocycles. The largest absolute Gasteiger partial charge is 0.287 e. The molecule has 0 unspecified atom stereocenters. The number of nitrogens with zero attached hydrogens (tertiary/aromatic N) is 7. The first-order valence-corrected chi connectivity index (χ1v) is 10.1. The van der Waals surface area contributed by atoms with Crippen molar-refractivity contribution in [3.63, 3.8) is 0 Å². The van der Waals surface area contributed by atoms with Crippen molar-refractivity contribution >= 4 is 5.65 Å². The molecule has 31 heavy (non-hydrogen) atoms. The van der Waals surface area contributed by atoms with Crippen molar-refractivity contribution in [2.75, 3.05) is 0 Å². The minimum absolute atomic E-state index is 0.166. The molecule has 0 bridgehead atoms. The molecular formula is C22H19F2N7. The fourth-order valence-corrected chi connectivity index (χ4v) is 4.21. The highest BCUT2D eigenvalue weighted by Crippen LogP contribution is 2.36. The molecule has 4 heterocycles. The van der Waals surface area contributed by atoms with Gasteiger partial charge >= 0.3 is 0 Å². The Labute approximate surface area is 177 Å². The number of halogens is 2. The van der Waals surface area contributed by atoms with E-state index in [0.717, 1.165) is 18.7 Å². The highest BCUT2D eigenvalue weighted by molar-refractivity contribution is 5.81. The predicted molar refractivity (Wildman–Crippen MR) is 109 cm³/mol. The Morgan fingerprint density at radius 2 is 2.00 bits per heavy atom. The lowest BCUT2D eigenvalue weighted by Crippen LogP contribution is -2.25. The van der Waals surface area contributed by atoms with Gasteiger partial charge in [-0.1, -0.05) is 12.8 Å². The van der Waals surface area contributed by atoms with Gasteiger partial charge in [-0.2, -0.15) is 10.4 Å². The van der Waals surface area contributed by atoms with Gasteiger partial charge in [0.15, 0.2) is 17.2 Å². The van der Waals surface area contributed by atoms with Gasteiger partial charge in [0.25, 0.3) is 0 Å². The van der Waals surface area contributed by atoms with Gasteiger partial charge in [0.2, 0.25) is 0 Å². The van der Waals surface area contributed by atoms with Gasteiger partial charge in [-0.3, -0.25) is 9.08 Å². The summed E-state index contributed by atoms with van der Waals surface area (Å²) in [6.45, 7) is 2.00. The summed E-state index contributed by atoms with van der Waals surface area (Å²) in [6, 6.07) is 6.67. The molecule has 0 atom stereocenters. The molecule has 0 amide bonds. The number of aryl methyl sites for hydroxylation is 1. The van der Waals surface area contributed by atoms with E-state index in [2.05, 4.69) is 20.3 Å². The second-order valence-electron chi connectivity index (χ2n) is 8.00. The SMILES string of the molecule is Cc1nnc2cc(-c3nc(C#N)c(F)cc3-c3cnn(CC4(F)CCCC4)c3)ccn12. The van der Waals surface area contributed by atoms with Gasteiger partial charge in [0, 0.05) is 29.1 Å². The highest BCUT2D eigenvalue weighted by atomic mass is 19.1. The third kappa shape index (κ3) is 3.44. The first-order valence-electron chi connectivity index (χ1n) is 10.1. The van der Waals surface area contributed by atoms with Crippen molar-refractivity contribution in [1.82, 2.24) is 29.4 Å². The number of hydrogen-bond donors (Lipinski definition) is 0. The van der Waals surface area contributed by atoms with Crippen LogP contribution in [0.1, 0.15) is 37.2 Å². The van der Waals surface area contributed by atoms with E-state index in [0.29, 0.717) is 40.9 Å². The molecular weight excluding hydrogens is 400 g/mol. The van der Waals surface area contributed by atoms with Gasteiger partial charge < -0.3 is 0 Å². The van der Waals surface area contributed by atoms with Crippen molar-refractivity contribution < 1.29 is 8.78 Å². The summed E-state index contributed by atoms with van der Waals surface area (Å²) in [6.07, 6.45) is 7.89. The van der Waals surface area contributed by atoms with E-state index < -0.39 is 11.5 Å².